The van der Waals surface area contributed by atoms with Gasteiger partial charge in [-0.25, -0.2) is 0 Å². The van der Waals surface area contributed by atoms with Gasteiger partial charge in [0.25, 0.3) is 0 Å². The average molecular weight is 219 g/mol. The molecule has 0 aromatic carbocycles. The van der Waals surface area contributed by atoms with E-state index in [9.17, 15) is 0 Å². The number of rotatable bonds is 2. The van der Waals surface area contributed by atoms with Crippen LogP contribution in [0.15, 0.2) is 9.65 Å². The summed E-state index contributed by atoms with van der Waals surface area (Å²) in [7, 11) is 0. The zero-order valence-corrected chi connectivity index (χ0v) is 8.33. The molecule has 1 nitrogen and oxygen atoms in total. The van der Waals surface area contributed by atoms with Crippen molar-refractivity contribution in [1.29, 1.82) is 0 Å². The second kappa shape index (κ2) is 5.19. The lowest BCUT2D eigenvalue weighted by Gasteiger charge is -2.02. The smallest absolute Gasteiger partial charge is 0.142 e. The second-order valence-corrected chi connectivity index (χ2v) is 3.30. The summed E-state index contributed by atoms with van der Waals surface area (Å²) >= 11 is 21.0. The lowest BCUT2D eigenvalue weighted by Crippen LogP contribution is -2.16. The molecule has 0 saturated carbocycles. The van der Waals surface area contributed by atoms with Gasteiger partial charge in [0.2, 0.25) is 0 Å². The summed E-state index contributed by atoms with van der Waals surface area (Å²) in [5.74, 6) is 0. The van der Waals surface area contributed by atoms with E-state index in [1.807, 2.05) is 6.92 Å². The zero-order chi connectivity index (χ0) is 8.15. The van der Waals surface area contributed by atoms with Gasteiger partial charge < -0.3 is 5.32 Å². The van der Waals surface area contributed by atoms with Crippen molar-refractivity contribution < 1.29 is 0 Å². The normalized spacial score (nSPS) is 8.80. The predicted molar refractivity (Wildman–Crippen MR) is 50.6 cm³/mol. The number of hydrogen-bond acceptors (Lipinski definition) is 1. The highest BCUT2D eigenvalue weighted by atomic mass is 35.5. The first-order valence-corrected chi connectivity index (χ1v) is 4.12. The molecule has 0 aliphatic rings. The summed E-state index contributed by atoms with van der Waals surface area (Å²) < 4.78 is -0.00235. The van der Waals surface area contributed by atoms with Crippen molar-refractivity contribution in [3.05, 3.63) is 9.65 Å². The van der Waals surface area contributed by atoms with Crippen molar-refractivity contribution in [3.8, 4) is 0 Å². The Bertz CT molecular complexity index is 162. The maximum atomic E-state index is 5.51. The summed E-state index contributed by atoms with van der Waals surface area (Å²) in [5.41, 5.74) is 0. The number of hydrogen-bond donors (Lipinski definition) is 1. The van der Waals surface area contributed by atoms with Gasteiger partial charge in [-0.3, -0.25) is 0 Å². The van der Waals surface area contributed by atoms with Crippen LogP contribution in [-0.2, 0) is 0 Å². The molecule has 0 bridgehead atoms. The van der Waals surface area contributed by atoms with Gasteiger partial charge >= 0.3 is 0 Å². The van der Waals surface area contributed by atoms with Crippen LogP contribution in [0.1, 0.15) is 13.3 Å². The van der Waals surface area contributed by atoms with Crippen molar-refractivity contribution in [2.75, 3.05) is 0 Å². The van der Waals surface area contributed by atoms with Crippen molar-refractivity contribution in [1.82, 2.24) is 5.32 Å². The fourth-order valence-electron chi connectivity index (χ4n) is 0.258. The summed E-state index contributed by atoms with van der Waals surface area (Å²) in [6.07, 6.45) is 0.715. The Labute approximate surface area is 80.3 Å². The molecule has 1 N–H and O–H groups in total. The SMILES string of the molecule is CCC(=S)NC(Cl)=C(Cl)Cl. The second-order valence-electron chi connectivity index (χ2n) is 1.48. The third-order valence-electron chi connectivity index (χ3n) is 0.736. The van der Waals surface area contributed by atoms with Crippen LogP contribution < -0.4 is 5.32 Å². The van der Waals surface area contributed by atoms with Crippen LogP contribution in [0.25, 0.3) is 0 Å². The van der Waals surface area contributed by atoms with Gasteiger partial charge in [0.05, 0.1) is 4.99 Å². The fraction of sp³-hybridized carbons (Fsp3) is 0.400. The molecular formula is C5H6Cl3NS. The van der Waals surface area contributed by atoms with Crippen LogP contribution in [0.4, 0.5) is 0 Å². The Morgan fingerprint density at radius 2 is 1.90 bits per heavy atom. The van der Waals surface area contributed by atoms with E-state index in [2.05, 4.69) is 5.32 Å². The number of nitrogens with one attached hydrogen (secondary N) is 1. The molecule has 0 aromatic rings. The lowest BCUT2D eigenvalue weighted by molar-refractivity contribution is 1.16. The third kappa shape index (κ3) is 4.34. The van der Waals surface area contributed by atoms with Gasteiger partial charge in [-0.05, 0) is 6.42 Å². The third-order valence-corrected chi connectivity index (χ3v) is 1.98. The van der Waals surface area contributed by atoms with Crippen molar-refractivity contribution in [3.63, 3.8) is 0 Å². The Balaban J connectivity index is 3.92. The van der Waals surface area contributed by atoms with E-state index in [-0.39, 0.29) is 9.65 Å². The van der Waals surface area contributed by atoms with Crippen LogP contribution in [-0.4, -0.2) is 4.99 Å². The Morgan fingerprint density at radius 3 is 2.20 bits per heavy atom. The first-order chi connectivity index (χ1) is 4.57. The topological polar surface area (TPSA) is 12.0 Å². The van der Waals surface area contributed by atoms with Crippen LogP contribution in [0.5, 0.6) is 0 Å². The molecule has 0 unspecified atom stereocenters. The predicted octanol–water partition coefficient (Wildman–Crippen LogP) is 3.16. The molecule has 0 aromatic heterocycles. The summed E-state index contributed by atoms with van der Waals surface area (Å²) in [6, 6.07) is 0. The molecule has 0 fully saturated rings. The lowest BCUT2D eigenvalue weighted by atomic mass is 10.5. The van der Waals surface area contributed by atoms with Gasteiger partial charge in [-0.1, -0.05) is 53.9 Å². The van der Waals surface area contributed by atoms with Gasteiger partial charge in [0, 0.05) is 0 Å². The highest BCUT2D eigenvalue weighted by Crippen LogP contribution is 2.14. The molecule has 58 valence electrons. The standard InChI is InChI=1S/C5H6Cl3NS/c1-2-3(10)9-5(8)4(6)7/h2H2,1H3,(H,9,10). The summed E-state index contributed by atoms with van der Waals surface area (Å²) in [5, 5.41) is 2.82. The molecule has 0 saturated heterocycles. The maximum Gasteiger partial charge on any atom is 0.142 e. The maximum absolute atomic E-state index is 5.51. The van der Waals surface area contributed by atoms with Crippen molar-refractivity contribution in [2.24, 2.45) is 0 Å². The summed E-state index contributed by atoms with van der Waals surface area (Å²) in [6.45, 7) is 1.90. The molecule has 0 atom stereocenters. The average Bonchev–Trinajstić information content (AvgIpc) is 1.87. The first-order valence-electron chi connectivity index (χ1n) is 2.58. The van der Waals surface area contributed by atoms with E-state index < -0.39 is 0 Å². The van der Waals surface area contributed by atoms with Crippen LogP contribution in [0, 0.1) is 0 Å². The molecule has 0 spiro atoms. The van der Waals surface area contributed by atoms with Crippen LogP contribution in [0.3, 0.4) is 0 Å². The van der Waals surface area contributed by atoms with E-state index >= 15 is 0 Å². The van der Waals surface area contributed by atoms with Crippen LogP contribution in [0.2, 0.25) is 0 Å². The Kier molecular flexibility index (Phi) is 5.45. The largest absolute Gasteiger partial charge is 0.339 e. The quantitative estimate of drug-likeness (QED) is 0.564. The molecule has 0 aliphatic carbocycles. The fourth-order valence-corrected chi connectivity index (χ4v) is 0.625. The Hall–Kier alpha value is 0.500. The highest BCUT2D eigenvalue weighted by Gasteiger charge is 1.98. The molecule has 0 radical (unpaired) electrons. The first kappa shape index (κ1) is 10.5. The van der Waals surface area contributed by atoms with E-state index in [1.165, 1.54) is 0 Å². The molecule has 10 heavy (non-hydrogen) atoms. The highest BCUT2D eigenvalue weighted by molar-refractivity contribution is 7.80. The number of thiocarbonyl (C=S) groups is 1. The van der Waals surface area contributed by atoms with Gasteiger partial charge in [-0.2, -0.15) is 0 Å². The van der Waals surface area contributed by atoms with E-state index in [0.29, 0.717) is 11.4 Å². The minimum absolute atomic E-state index is 0.00235. The van der Waals surface area contributed by atoms with Gasteiger partial charge in [-0.15, -0.1) is 0 Å². The molecule has 0 aliphatic heterocycles. The molecular weight excluding hydrogens is 212 g/mol. The van der Waals surface area contributed by atoms with E-state index in [1.54, 1.807) is 0 Å². The molecule has 0 amide bonds. The minimum Gasteiger partial charge on any atom is -0.339 e. The molecule has 5 heteroatoms. The van der Waals surface area contributed by atoms with Crippen molar-refractivity contribution in [2.45, 2.75) is 13.3 Å². The monoisotopic (exact) mass is 217 g/mol. The van der Waals surface area contributed by atoms with E-state index in [4.69, 9.17) is 47.0 Å². The van der Waals surface area contributed by atoms with Crippen LogP contribution >= 0.6 is 47.0 Å². The van der Waals surface area contributed by atoms with Crippen molar-refractivity contribution >= 4 is 52.0 Å². The number of halogens is 3. The zero-order valence-electron chi connectivity index (χ0n) is 5.25. The van der Waals surface area contributed by atoms with Gasteiger partial charge in [0.1, 0.15) is 9.65 Å². The minimum atomic E-state index is -0.00235. The van der Waals surface area contributed by atoms with Gasteiger partial charge in [0.15, 0.2) is 0 Å². The van der Waals surface area contributed by atoms with E-state index in [0.717, 1.165) is 0 Å². The molecule has 0 heterocycles. The summed E-state index contributed by atoms with van der Waals surface area (Å²) in [4.78, 5) is 0.615. The molecule has 0 rings (SSSR count). The Morgan fingerprint density at radius 1 is 1.40 bits per heavy atom.